The quantitative estimate of drug-likeness (QED) is 0.616. The molecule has 0 saturated heterocycles. The molecule has 0 aromatic heterocycles. The highest BCUT2D eigenvalue weighted by Gasteiger charge is 1.99. The molecule has 0 fully saturated rings. The Morgan fingerprint density at radius 2 is 1.05 bits per heavy atom. The molecule has 4 nitrogen and oxygen atoms in total. The van der Waals surface area contributed by atoms with Crippen LogP contribution in [0.25, 0.3) is 0 Å². The molecule has 0 bridgehead atoms. The number of phenols is 2. The lowest BCUT2D eigenvalue weighted by molar-refractivity contribution is 0.207. The van der Waals surface area contributed by atoms with Crippen LogP contribution < -0.4 is 0 Å². The molecular weight excluding hydrogens is 243 g/mol. The van der Waals surface area contributed by atoms with Crippen LogP contribution in [0, 0.1) is 0 Å². The van der Waals surface area contributed by atoms with Gasteiger partial charge in [-0.3, -0.25) is 0 Å². The minimum atomic E-state index is 0.233. The van der Waals surface area contributed by atoms with E-state index in [0.717, 1.165) is 11.1 Å². The van der Waals surface area contributed by atoms with E-state index in [1.54, 1.807) is 48.5 Å². The Hall–Kier alpha value is -1.98. The summed E-state index contributed by atoms with van der Waals surface area (Å²) in [6, 6.07) is 13.6. The van der Waals surface area contributed by atoms with Crippen LogP contribution >= 0.6 is 0 Å². The monoisotopic (exact) mass is 257 g/mol. The SMILES string of the molecule is Oc1ccc(CO[B]OCc2ccc(O)cc2)cc1. The molecule has 1 radical (unpaired) electrons. The van der Waals surface area contributed by atoms with Gasteiger partial charge in [-0.25, -0.2) is 0 Å². The molecule has 97 valence electrons. The number of hydrogen-bond acceptors (Lipinski definition) is 4. The van der Waals surface area contributed by atoms with Crippen molar-refractivity contribution in [2.24, 2.45) is 0 Å². The maximum absolute atomic E-state index is 9.12. The normalized spacial score (nSPS) is 10.3. The van der Waals surface area contributed by atoms with Gasteiger partial charge in [0.05, 0.1) is 13.2 Å². The first-order chi connectivity index (χ1) is 9.24. The number of rotatable bonds is 6. The predicted octanol–water partition coefficient (Wildman–Crippen LogP) is 2.37. The molecule has 0 aliphatic heterocycles. The van der Waals surface area contributed by atoms with Gasteiger partial charge in [0.25, 0.3) is 0 Å². The molecule has 2 aromatic rings. The Morgan fingerprint density at radius 3 is 1.42 bits per heavy atom. The predicted molar refractivity (Wildman–Crippen MR) is 71.5 cm³/mol. The third-order valence-electron chi connectivity index (χ3n) is 2.51. The van der Waals surface area contributed by atoms with Crippen molar-refractivity contribution in [3.63, 3.8) is 0 Å². The minimum absolute atomic E-state index is 0.233. The zero-order valence-corrected chi connectivity index (χ0v) is 10.3. The maximum Gasteiger partial charge on any atom is 0.488 e. The van der Waals surface area contributed by atoms with Crippen molar-refractivity contribution in [2.75, 3.05) is 0 Å². The van der Waals surface area contributed by atoms with E-state index in [9.17, 15) is 0 Å². The molecule has 0 aliphatic carbocycles. The summed E-state index contributed by atoms with van der Waals surface area (Å²) < 4.78 is 10.5. The topological polar surface area (TPSA) is 58.9 Å². The summed E-state index contributed by atoms with van der Waals surface area (Å²) >= 11 is 0. The third kappa shape index (κ3) is 4.65. The summed E-state index contributed by atoms with van der Waals surface area (Å²) in [5, 5.41) is 18.2. The highest BCUT2D eigenvalue weighted by molar-refractivity contribution is 6.17. The Labute approximate surface area is 112 Å². The van der Waals surface area contributed by atoms with Gasteiger partial charge in [-0.15, -0.1) is 0 Å². The van der Waals surface area contributed by atoms with Gasteiger partial charge in [0.1, 0.15) is 11.5 Å². The summed E-state index contributed by atoms with van der Waals surface area (Å²) in [5.74, 6) is 0.465. The Balaban J connectivity index is 1.64. The van der Waals surface area contributed by atoms with E-state index < -0.39 is 0 Å². The van der Waals surface area contributed by atoms with Crippen molar-refractivity contribution in [1.82, 2.24) is 0 Å². The highest BCUT2D eigenvalue weighted by Crippen LogP contribution is 2.11. The second-order valence-electron chi connectivity index (χ2n) is 4.05. The zero-order chi connectivity index (χ0) is 13.5. The van der Waals surface area contributed by atoms with Crippen LogP contribution in [-0.4, -0.2) is 17.9 Å². The smallest absolute Gasteiger partial charge is 0.488 e. The van der Waals surface area contributed by atoms with Crippen molar-refractivity contribution in [3.05, 3.63) is 59.7 Å². The minimum Gasteiger partial charge on any atom is -0.508 e. The summed E-state index contributed by atoms with van der Waals surface area (Å²) in [4.78, 5) is 0. The lowest BCUT2D eigenvalue weighted by atomic mass is 10.2. The largest absolute Gasteiger partial charge is 0.508 e. The molecule has 2 aromatic carbocycles. The number of phenolic OH excluding ortho intramolecular Hbond substituents is 2. The fourth-order valence-corrected chi connectivity index (χ4v) is 1.49. The second-order valence-corrected chi connectivity index (χ2v) is 4.05. The number of hydrogen-bond donors (Lipinski definition) is 2. The lowest BCUT2D eigenvalue weighted by Gasteiger charge is -2.05. The first-order valence-corrected chi connectivity index (χ1v) is 5.85. The van der Waals surface area contributed by atoms with Gasteiger partial charge < -0.3 is 19.5 Å². The Morgan fingerprint density at radius 1 is 0.684 bits per heavy atom. The molecule has 2 N–H and O–H groups in total. The first kappa shape index (κ1) is 13.5. The zero-order valence-electron chi connectivity index (χ0n) is 10.3. The lowest BCUT2D eigenvalue weighted by Crippen LogP contribution is -2.04. The molecule has 19 heavy (non-hydrogen) atoms. The molecule has 0 heterocycles. The molecule has 0 amide bonds. The van der Waals surface area contributed by atoms with Crippen LogP contribution in [0.15, 0.2) is 48.5 Å². The van der Waals surface area contributed by atoms with E-state index in [0.29, 0.717) is 13.2 Å². The van der Waals surface area contributed by atoms with Crippen molar-refractivity contribution < 1.29 is 19.5 Å². The fourth-order valence-electron chi connectivity index (χ4n) is 1.49. The summed E-state index contributed by atoms with van der Waals surface area (Å²) in [6.07, 6.45) is 0. The van der Waals surface area contributed by atoms with Gasteiger partial charge in [0.15, 0.2) is 0 Å². The number of benzene rings is 2. The van der Waals surface area contributed by atoms with E-state index in [2.05, 4.69) is 0 Å². The van der Waals surface area contributed by atoms with Crippen molar-refractivity contribution >= 4 is 7.69 Å². The fraction of sp³-hybridized carbons (Fsp3) is 0.143. The molecule has 0 aliphatic rings. The molecule has 0 unspecified atom stereocenters. The molecule has 0 spiro atoms. The van der Waals surface area contributed by atoms with Gasteiger partial charge in [-0.05, 0) is 35.4 Å². The summed E-state index contributed by atoms with van der Waals surface area (Å²) in [5.41, 5.74) is 1.89. The maximum atomic E-state index is 9.12. The van der Waals surface area contributed by atoms with Crippen LogP contribution in [0.2, 0.25) is 0 Å². The van der Waals surface area contributed by atoms with Gasteiger partial charge in [-0.1, -0.05) is 24.3 Å². The summed E-state index contributed by atoms with van der Waals surface area (Å²) in [7, 11) is 1.29. The van der Waals surface area contributed by atoms with E-state index in [1.165, 1.54) is 7.69 Å². The van der Waals surface area contributed by atoms with Crippen molar-refractivity contribution in [1.29, 1.82) is 0 Å². The molecule has 0 saturated carbocycles. The standard InChI is InChI=1S/C14H14BO4/c16-13-5-1-11(2-6-13)9-18-15-19-10-12-3-7-14(17)8-4-12/h1-8,16-17H,9-10H2. The number of aromatic hydroxyl groups is 2. The van der Waals surface area contributed by atoms with Crippen LogP contribution in [0.1, 0.15) is 11.1 Å². The van der Waals surface area contributed by atoms with E-state index in [4.69, 9.17) is 19.5 Å². The second kappa shape index (κ2) is 6.82. The highest BCUT2D eigenvalue weighted by atomic mass is 16.6. The van der Waals surface area contributed by atoms with Crippen LogP contribution in [0.3, 0.4) is 0 Å². The van der Waals surface area contributed by atoms with Crippen LogP contribution in [0.4, 0.5) is 0 Å². The van der Waals surface area contributed by atoms with Crippen molar-refractivity contribution in [2.45, 2.75) is 13.2 Å². The molecule has 2 rings (SSSR count). The Kier molecular flexibility index (Phi) is 4.83. The van der Waals surface area contributed by atoms with Crippen LogP contribution in [0.5, 0.6) is 11.5 Å². The Bertz CT molecular complexity index is 448. The molecule has 0 atom stereocenters. The average molecular weight is 257 g/mol. The van der Waals surface area contributed by atoms with E-state index in [-0.39, 0.29) is 11.5 Å². The molecule has 5 heteroatoms. The van der Waals surface area contributed by atoms with Gasteiger partial charge in [0, 0.05) is 0 Å². The van der Waals surface area contributed by atoms with Gasteiger partial charge >= 0.3 is 7.69 Å². The van der Waals surface area contributed by atoms with E-state index in [1.807, 2.05) is 0 Å². The third-order valence-corrected chi connectivity index (χ3v) is 2.51. The van der Waals surface area contributed by atoms with Gasteiger partial charge in [0.2, 0.25) is 0 Å². The van der Waals surface area contributed by atoms with Gasteiger partial charge in [-0.2, -0.15) is 0 Å². The molecular formula is C14H14BO4. The first-order valence-electron chi connectivity index (χ1n) is 5.85. The van der Waals surface area contributed by atoms with Crippen molar-refractivity contribution in [3.8, 4) is 11.5 Å². The summed E-state index contributed by atoms with van der Waals surface area (Å²) in [6.45, 7) is 0.770. The van der Waals surface area contributed by atoms with E-state index >= 15 is 0 Å². The average Bonchev–Trinajstić information content (AvgIpc) is 2.43. The van der Waals surface area contributed by atoms with Crippen LogP contribution in [-0.2, 0) is 22.5 Å².